The van der Waals surface area contributed by atoms with Crippen molar-refractivity contribution in [1.29, 1.82) is 0 Å². The van der Waals surface area contributed by atoms with Gasteiger partial charge in [0.25, 0.3) is 0 Å². The minimum atomic E-state index is -0.307. The van der Waals surface area contributed by atoms with Crippen LogP contribution in [-0.2, 0) is 16.0 Å². The van der Waals surface area contributed by atoms with E-state index in [2.05, 4.69) is 4.74 Å². The molecule has 0 aliphatic carbocycles. The van der Waals surface area contributed by atoms with Crippen LogP contribution in [0.25, 0.3) is 0 Å². The van der Waals surface area contributed by atoms with E-state index in [1.165, 1.54) is 29.8 Å². The second-order valence-electron chi connectivity index (χ2n) is 3.70. The number of ketones is 1. The number of carbonyl (C=O) groups is 2. The summed E-state index contributed by atoms with van der Waals surface area (Å²) in [6.45, 7) is 0. The van der Waals surface area contributed by atoms with Gasteiger partial charge in [-0.1, -0.05) is 0 Å². The second-order valence-corrected chi connectivity index (χ2v) is 5.78. The van der Waals surface area contributed by atoms with E-state index >= 15 is 0 Å². The molecule has 100 valence electrons. The fraction of sp³-hybridized carbons (Fsp3) is 0.231. The highest BCUT2D eigenvalue weighted by molar-refractivity contribution is 7.17. The molecule has 2 heterocycles. The Hall–Kier alpha value is -1.66. The van der Waals surface area contributed by atoms with Gasteiger partial charge in [-0.15, -0.1) is 22.7 Å². The maximum absolute atomic E-state index is 12.2. The normalized spacial score (nSPS) is 10.2. The third kappa shape index (κ3) is 3.21. The average Bonchev–Trinajstić information content (AvgIpc) is 3.06. The molecule has 0 saturated heterocycles. The SMILES string of the molecule is COC(=O)Cc1ccc(C(=O)c2cc(OC)cs2)s1. The minimum Gasteiger partial charge on any atom is -0.496 e. The summed E-state index contributed by atoms with van der Waals surface area (Å²) in [5, 5.41) is 1.79. The summed E-state index contributed by atoms with van der Waals surface area (Å²) in [6.07, 6.45) is 0.197. The van der Waals surface area contributed by atoms with Crippen LogP contribution in [0.4, 0.5) is 0 Å². The lowest BCUT2D eigenvalue weighted by atomic mass is 10.2. The number of hydrogen-bond acceptors (Lipinski definition) is 6. The summed E-state index contributed by atoms with van der Waals surface area (Å²) >= 11 is 2.66. The van der Waals surface area contributed by atoms with Crippen LogP contribution in [0, 0.1) is 0 Å². The predicted molar refractivity (Wildman–Crippen MR) is 74.3 cm³/mol. The van der Waals surface area contributed by atoms with Gasteiger partial charge in [0, 0.05) is 16.3 Å². The van der Waals surface area contributed by atoms with Crippen LogP contribution in [0.2, 0.25) is 0 Å². The molecule has 6 heteroatoms. The van der Waals surface area contributed by atoms with Gasteiger partial charge in [0.05, 0.1) is 30.4 Å². The highest BCUT2D eigenvalue weighted by atomic mass is 32.1. The third-order valence-corrected chi connectivity index (χ3v) is 4.46. The van der Waals surface area contributed by atoms with Crippen molar-refractivity contribution >= 4 is 34.4 Å². The van der Waals surface area contributed by atoms with E-state index in [1.807, 2.05) is 0 Å². The van der Waals surface area contributed by atoms with Crippen molar-refractivity contribution in [3.8, 4) is 5.75 Å². The van der Waals surface area contributed by atoms with Crippen LogP contribution in [0.15, 0.2) is 23.6 Å². The first-order chi connectivity index (χ1) is 9.13. The number of thiophene rings is 2. The lowest BCUT2D eigenvalue weighted by Crippen LogP contribution is -2.02. The van der Waals surface area contributed by atoms with E-state index in [4.69, 9.17) is 4.74 Å². The number of hydrogen-bond donors (Lipinski definition) is 0. The predicted octanol–water partition coefficient (Wildman–Crippen LogP) is 2.76. The molecule has 0 N–H and O–H groups in total. The molecule has 0 unspecified atom stereocenters. The standard InChI is InChI=1S/C13H12O4S2/c1-16-8-5-11(18-7-8)13(15)10-4-3-9(19-10)6-12(14)17-2/h3-5,7H,6H2,1-2H3. The summed E-state index contributed by atoms with van der Waals surface area (Å²) in [6, 6.07) is 5.23. The lowest BCUT2D eigenvalue weighted by Gasteiger charge is -1.95. The van der Waals surface area contributed by atoms with Gasteiger partial charge in [-0.25, -0.2) is 0 Å². The molecule has 19 heavy (non-hydrogen) atoms. The lowest BCUT2D eigenvalue weighted by molar-refractivity contribution is -0.139. The van der Waals surface area contributed by atoms with Crippen LogP contribution in [0.5, 0.6) is 5.75 Å². The molecule has 0 aromatic carbocycles. The van der Waals surface area contributed by atoms with Gasteiger partial charge in [0.1, 0.15) is 5.75 Å². The summed E-state index contributed by atoms with van der Waals surface area (Å²) < 4.78 is 9.65. The summed E-state index contributed by atoms with van der Waals surface area (Å²) in [4.78, 5) is 25.4. The molecule has 0 radical (unpaired) electrons. The number of carbonyl (C=O) groups excluding carboxylic acids is 2. The number of rotatable bonds is 5. The smallest absolute Gasteiger partial charge is 0.310 e. The Morgan fingerprint density at radius 3 is 2.63 bits per heavy atom. The van der Waals surface area contributed by atoms with Gasteiger partial charge < -0.3 is 9.47 Å². The molecular weight excluding hydrogens is 284 g/mol. The fourth-order valence-electron chi connectivity index (χ4n) is 1.48. The zero-order valence-electron chi connectivity index (χ0n) is 10.5. The van der Waals surface area contributed by atoms with Crippen LogP contribution < -0.4 is 4.74 Å². The van der Waals surface area contributed by atoms with Crippen molar-refractivity contribution < 1.29 is 19.1 Å². The fourth-order valence-corrected chi connectivity index (χ4v) is 3.30. The maximum Gasteiger partial charge on any atom is 0.310 e. The molecule has 0 aliphatic heterocycles. The highest BCUT2D eigenvalue weighted by Gasteiger charge is 2.15. The molecule has 2 aromatic rings. The van der Waals surface area contributed by atoms with Crippen LogP contribution in [-0.4, -0.2) is 26.0 Å². The Bertz CT molecular complexity index is 597. The molecule has 0 fully saturated rings. The second kappa shape index (κ2) is 5.99. The molecule has 0 saturated carbocycles. The minimum absolute atomic E-state index is 0.0468. The Labute approximate surface area is 118 Å². The van der Waals surface area contributed by atoms with Crippen molar-refractivity contribution in [3.05, 3.63) is 38.2 Å². The van der Waals surface area contributed by atoms with E-state index < -0.39 is 0 Å². The van der Waals surface area contributed by atoms with Crippen molar-refractivity contribution in [2.45, 2.75) is 6.42 Å². The van der Waals surface area contributed by atoms with Crippen LogP contribution >= 0.6 is 22.7 Å². The Kier molecular flexibility index (Phi) is 4.34. The first-order valence-electron chi connectivity index (χ1n) is 5.46. The molecular formula is C13H12O4S2. The van der Waals surface area contributed by atoms with Crippen molar-refractivity contribution in [2.24, 2.45) is 0 Å². The molecule has 2 aromatic heterocycles. The summed E-state index contributed by atoms with van der Waals surface area (Å²) in [5.41, 5.74) is 0. The van der Waals surface area contributed by atoms with Gasteiger partial charge >= 0.3 is 5.97 Å². The van der Waals surface area contributed by atoms with Gasteiger partial charge in [-0.2, -0.15) is 0 Å². The first-order valence-corrected chi connectivity index (χ1v) is 7.16. The highest BCUT2D eigenvalue weighted by Crippen LogP contribution is 2.27. The molecule has 0 amide bonds. The van der Waals surface area contributed by atoms with Crippen molar-refractivity contribution in [2.75, 3.05) is 14.2 Å². The molecule has 4 nitrogen and oxygen atoms in total. The maximum atomic E-state index is 12.2. The summed E-state index contributed by atoms with van der Waals surface area (Å²) in [5.74, 6) is 0.327. The Morgan fingerprint density at radius 2 is 2.00 bits per heavy atom. The molecule has 2 rings (SSSR count). The zero-order valence-corrected chi connectivity index (χ0v) is 12.1. The van der Waals surface area contributed by atoms with E-state index in [9.17, 15) is 9.59 Å². The molecule has 0 spiro atoms. The zero-order chi connectivity index (χ0) is 13.8. The van der Waals surface area contributed by atoms with Gasteiger partial charge in [-0.05, 0) is 12.1 Å². The quantitative estimate of drug-likeness (QED) is 0.629. The van der Waals surface area contributed by atoms with Gasteiger partial charge in [0.2, 0.25) is 5.78 Å². The van der Waals surface area contributed by atoms with E-state index in [1.54, 1.807) is 30.7 Å². The monoisotopic (exact) mass is 296 g/mol. The summed E-state index contributed by atoms with van der Waals surface area (Å²) in [7, 11) is 2.91. The van der Waals surface area contributed by atoms with E-state index in [-0.39, 0.29) is 18.2 Å². The van der Waals surface area contributed by atoms with Crippen molar-refractivity contribution in [3.63, 3.8) is 0 Å². The number of esters is 1. The first kappa shape index (κ1) is 13.8. The van der Waals surface area contributed by atoms with Gasteiger partial charge in [-0.3, -0.25) is 9.59 Å². The third-order valence-electron chi connectivity index (χ3n) is 2.47. The average molecular weight is 296 g/mol. The molecule has 0 atom stereocenters. The topological polar surface area (TPSA) is 52.6 Å². The largest absolute Gasteiger partial charge is 0.496 e. The van der Waals surface area contributed by atoms with Crippen LogP contribution in [0.1, 0.15) is 19.4 Å². The van der Waals surface area contributed by atoms with Crippen molar-refractivity contribution in [1.82, 2.24) is 0 Å². The number of ether oxygens (including phenoxy) is 2. The Morgan fingerprint density at radius 1 is 1.21 bits per heavy atom. The number of methoxy groups -OCH3 is 2. The van der Waals surface area contributed by atoms with E-state index in [0.29, 0.717) is 15.5 Å². The van der Waals surface area contributed by atoms with Gasteiger partial charge in [0.15, 0.2) is 0 Å². The van der Waals surface area contributed by atoms with Crippen LogP contribution in [0.3, 0.4) is 0 Å². The Balaban J connectivity index is 2.13. The molecule has 0 bridgehead atoms. The van der Waals surface area contributed by atoms with E-state index in [0.717, 1.165) is 4.88 Å². The molecule has 0 aliphatic rings.